The first-order valence-corrected chi connectivity index (χ1v) is 9.18. The quantitative estimate of drug-likeness (QED) is 0.820. The van der Waals surface area contributed by atoms with Crippen LogP contribution in [-0.4, -0.2) is 63.9 Å². The first kappa shape index (κ1) is 17.2. The average Bonchev–Trinajstić information content (AvgIpc) is 3.21. The van der Waals surface area contributed by atoms with Gasteiger partial charge < -0.3 is 9.64 Å². The minimum Gasteiger partial charge on any atom is -0.370 e. The summed E-state index contributed by atoms with van der Waals surface area (Å²) >= 11 is 0. The number of nitrogens with zero attached hydrogens (tertiary/aromatic N) is 4. The zero-order valence-corrected chi connectivity index (χ0v) is 15.5. The first-order valence-electron chi connectivity index (χ1n) is 9.18. The molecular formula is C20H26N4O2. The normalized spacial score (nSPS) is 21.3. The van der Waals surface area contributed by atoms with Crippen molar-refractivity contribution in [3.05, 3.63) is 53.9 Å². The fourth-order valence-corrected chi connectivity index (χ4v) is 3.94. The molecule has 6 nitrogen and oxygen atoms in total. The third-order valence-electron chi connectivity index (χ3n) is 5.46. The summed E-state index contributed by atoms with van der Waals surface area (Å²) in [5.74, 6) is 0.114. The first-order chi connectivity index (χ1) is 12.5. The molecule has 26 heavy (non-hydrogen) atoms. The molecule has 0 saturated carbocycles. The van der Waals surface area contributed by atoms with E-state index in [1.54, 1.807) is 10.9 Å². The van der Waals surface area contributed by atoms with Crippen LogP contribution in [0.1, 0.15) is 17.5 Å². The van der Waals surface area contributed by atoms with Gasteiger partial charge in [0.25, 0.3) is 0 Å². The van der Waals surface area contributed by atoms with Gasteiger partial charge in [-0.2, -0.15) is 5.10 Å². The molecule has 2 aromatic rings. The summed E-state index contributed by atoms with van der Waals surface area (Å²) in [4.78, 5) is 16.6. The van der Waals surface area contributed by atoms with Gasteiger partial charge in [0.05, 0.1) is 25.9 Å². The Labute approximate surface area is 154 Å². The summed E-state index contributed by atoms with van der Waals surface area (Å²) in [5.41, 5.74) is 2.24. The standard InChI is InChI=1S/C20H26N4O2/c1-16-9-21-24(10-16)12-19(25)23-14-20(15-23)8-18(13-26-20)22(2)11-17-6-4-3-5-7-17/h3-7,9-10,18H,8,11-15H2,1-2H3. The number of amides is 1. The molecule has 1 aromatic heterocycles. The molecular weight excluding hydrogens is 328 g/mol. The molecule has 138 valence electrons. The molecule has 2 fully saturated rings. The highest BCUT2D eigenvalue weighted by Crippen LogP contribution is 2.37. The fraction of sp³-hybridized carbons (Fsp3) is 0.500. The van der Waals surface area contributed by atoms with Crippen molar-refractivity contribution in [2.45, 2.75) is 38.1 Å². The van der Waals surface area contributed by atoms with Crippen molar-refractivity contribution in [2.24, 2.45) is 0 Å². The summed E-state index contributed by atoms with van der Waals surface area (Å²) in [7, 11) is 2.15. The van der Waals surface area contributed by atoms with Crippen molar-refractivity contribution in [1.82, 2.24) is 19.6 Å². The SMILES string of the molecule is Cc1cnn(CC(=O)N2CC3(CC(N(C)Cc4ccccc4)CO3)C2)c1. The highest BCUT2D eigenvalue weighted by Gasteiger charge is 2.51. The Hall–Kier alpha value is -2.18. The number of hydrogen-bond acceptors (Lipinski definition) is 4. The van der Waals surface area contributed by atoms with Crippen molar-refractivity contribution in [1.29, 1.82) is 0 Å². The van der Waals surface area contributed by atoms with Crippen LogP contribution in [0.4, 0.5) is 0 Å². The number of aromatic nitrogens is 2. The van der Waals surface area contributed by atoms with Crippen LogP contribution in [0.5, 0.6) is 0 Å². The second kappa shape index (κ2) is 6.85. The van der Waals surface area contributed by atoms with E-state index in [0.717, 1.165) is 25.1 Å². The van der Waals surface area contributed by atoms with E-state index in [9.17, 15) is 4.79 Å². The number of carbonyl (C=O) groups excluding carboxylic acids is 1. The molecule has 2 saturated heterocycles. The van der Waals surface area contributed by atoms with Crippen molar-refractivity contribution < 1.29 is 9.53 Å². The van der Waals surface area contributed by atoms with E-state index in [1.165, 1.54) is 5.56 Å². The maximum atomic E-state index is 12.4. The molecule has 2 aliphatic heterocycles. The van der Waals surface area contributed by atoms with Crippen molar-refractivity contribution >= 4 is 5.91 Å². The lowest BCUT2D eigenvalue weighted by atomic mass is 9.89. The van der Waals surface area contributed by atoms with E-state index < -0.39 is 0 Å². The van der Waals surface area contributed by atoms with Crippen LogP contribution in [0.25, 0.3) is 0 Å². The minimum absolute atomic E-state index is 0.114. The molecule has 1 unspecified atom stereocenters. The molecule has 1 atom stereocenters. The van der Waals surface area contributed by atoms with Crippen molar-refractivity contribution in [3.63, 3.8) is 0 Å². The van der Waals surface area contributed by atoms with Crippen molar-refractivity contribution in [3.8, 4) is 0 Å². The van der Waals surface area contributed by atoms with E-state index in [1.807, 2.05) is 24.1 Å². The zero-order valence-electron chi connectivity index (χ0n) is 15.5. The molecule has 4 rings (SSSR count). The van der Waals surface area contributed by atoms with Crippen LogP contribution in [0, 0.1) is 6.92 Å². The number of benzene rings is 1. The van der Waals surface area contributed by atoms with Crippen LogP contribution in [0.3, 0.4) is 0 Å². The van der Waals surface area contributed by atoms with Crippen LogP contribution >= 0.6 is 0 Å². The Morgan fingerprint density at radius 2 is 2.12 bits per heavy atom. The van der Waals surface area contributed by atoms with Gasteiger partial charge in [0, 0.05) is 18.8 Å². The third kappa shape index (κ3) is 3.52. The van der Waals surface area contributed by atoms with Crippen LogP contribution in [0.15, 0.2) is 42.7 Å². The molecule has 2 aliphatic rings. The summed E-state index contributed by atoms with van der Waals surface area (Å²) < 4.78 is 7.83. The van der Waals surface area contributed by atoms with E-state index >= 15 is 0 Å². The number of hydrogen-bond donors (Lipinski definition) is 0. The second-order valence-electron chi connectivity index (χ2n) is 7.72. The molecule has 1 aromatic carbocycles. The van der Waals surface area contributed by atoms with E-state index in [-0.39, 0.29) is 11.5 Å². The number of aryl methyl sites for hydroxylation is 1. The highest BCUT2D eigenvalue weighted by atomic mass is 16.5. The highest BCUT2D eigenvalue weighted by molar-refractivity contribution is 5.77. The lowest BCUT2D eigenvalue weighted by molar-refractivity contribution is -0.158. The summed E-state index contributed by atoms with van der Waals surface area (Å²) in [6.07, 6.45) is 4.66. The van der Waals surface area contributed by atoms with E-state index in [0.29, 0.717) is 25.7 Å². The molecule has 0 N–H and O–H groups in total. The van der Waals surface area contributed by atoms with Gasteiger partial charge in [-0.25, -0.2) is 0 Å². The van der Waals surface area contributed by atoms with Gasteiger partial charge in [-0.05, 0) is 31.5 Å². The molecule has 1 spiro atoms. The molecule has 0 aliphatic carbocycles. The summed E-state index contributed by atoms with van der Waals surface area (Å²) in [6.45, 7) is 5.34. The lowest BCUT2D eigenvalue weighted by Gasteiger charge is -2.47. The second-order valence-corrected chi connectivity index (χ2v) is 7.72. The van der Waals surface area contributed by atoms with Gasteiger partial charge in [-0.1, -0.05) is 30.3 Å². The number of likely N-dealkylation sites (tertiary alicyclic amines) is 1. The Morgan fingerprint density at radius 1 is 1.35 bits per heavy atom. The largest absolute Gasteiger partial charge is 0.370 e. The van der Waals surface area contributed by atoms with E-state index in [2.05, 4.69) is 41.3 Å². The predicted octanol–water partition coefficient (Wildman–Crippen LogP) is 1.69. The average molecular weight is 354 g/mol. The fourth-order valence-electron chi connectivity index (χ4n) is 3.94. The Balaban J connectivity index is 1.27. The van der Waals surface area contributed by atoms with Gasteiger partial charge in [-0.3, -0.25) is 14.4 Å². The monoisotopic (exact) mass is 354 g/mol. The van der Waals surface area contributed by atoms with Crippen LogP contribution in [0.2, 0.25) is 0 Å². The summed E-state index contributed by atoms with van der Waals surface area (Å²) in [5, 5.41) is 4.19. The number of rotatable bonds is 5. The Morgan fingerprint density at radius 3 is 2.81 bits per heavy atom. The molecule has 3 heterocycles. The van der Waals surface area contributed by atoms with E-state index in [4.69, 9.17) is 4.74 Å². The van der Waals surface area contributed by atoms with Gasteiger partial charge in [-0.15, -0.1) is 0 Å². The maximum Gasteiger partial charge on any atom is 0.244 e. The smallest absolute Gasteiger partial charge is 0.244 e. The minimum atomic E-state index is -0.148. The Kier molecular flexibility index (Phi) is 4.54. The van der Waals surface area contributed by atoms with Crippen LogP contribution in [-0.2, 0) is 22.6 Å². The number of ether oxygens (including phenoxy) is 1. The number of likely N-dealkylation sites (N-methyl/N-ethyl adjacent to an activating group) is 1. The predicted molar refractivity (Wildman–Crippen MR) is 98.5 cm³/mol. The van der Waals surface area contributed by atoms with Gasteiger partial charge in [0.1, 0.15) is 12.1 Å². The maximum absolute atomic E-state index is 12.4. The zero-order chi connectivity index (χ0) is 18.1. The van der Waals surface area contributed by atoms with Gasteiger partial charge in [0.2, 0.25) is 5.91 Å². The topological polar surface area (TPSA) is 50.6 Å². The van der Waals surface area contributed by atoms with Crippen molar-refractivity contribution in [2.75, 3.05) is 26.7 Å². The van der Waals surface area contributed by atoms with Crippen LogP contribution < -0.4 is 0 Å². The lowest BCUT2D eigenvalue weighted by Crippen LogP contribution is -2.64. The number of carbonyl (C=O) groups is 1. The molecule has 1 amide bonds. The van der Waals surface area contributed by atoms with Gasteiger partial charge in [0.15, 0.2) is 0 Å². The molecule has 0 radical (unpaired) electrons. The van der Waals surface area contributed by atoms with Gasteiger partial charge >= 0.3 is 0 Å². The Bertz CT molecular complexity index is 767. The molecule has 0 bridgehead atoms. The third-order valence-corrected chi connectivity index (χ3v) is 5.46. The molecule has 6 heteroatoms. The summed E-state index contributed by atoms with van der Waals surface area (Å²) in [6, 6.07) is 10.9.